The number of ketones is 2. The lowest BCUT2D eigenvalue weighted by Crippen LogP contribution is -2.63. The lowest BCUT2D eigenvalue weighted by Gasteiger charge is -2.62. The Kier molecular flexibility index (Phi) is 5.06. The van der Waals surface area contributed by atoms with Crippen molar-refractivity contribution in [3.63, 3.8) is 0 Å². The molecule has 0 aromatic carbocycles. The van der Waals surface area contributed by atoms with Crippen molar-refractivity contribution in [2.24, 2.45) is 34.5 Å². The van der Waals surface area contributed by atoms with Crippen molar-refractivity contribution < 1.29 is 29.3 Å². The number of allylic oxidation sites excluding steroid dienone is 1. The summed E-state index contributed by atoms with van der Waals surface area (Å²) in [6.45, 7) is 7.02. The molecule has 166 valence electrons. The summed E-state index contributed by atoms with van der Waals surface area (Å²) in [7, 11) is 0. The van der Waals surface area contributed by atoms with Crippen LogP contribution in [0.1, 0.15) is 66.2 Å². The van der Waals surface area contributed by atoms with E-state index in [-0.39, 0.29) is 40.8 Å². The second-order valence-electron chi connectivity index (χ2n) is 10.7. The molecule has 0 aromatic heterocycles. The Hall–Kier alpha value is -1.53. The van der Waals surface area contributed by atoms with Crippen molar-refractivity contribution in [1.29, 1.82) is 0 Å². The van der Waals surface area contributed by atoms with Crippen LogP contribution in [0.4, 0.5) is 0 Å². The van der Waals surface area contributed by atoms with Crippen LogP contribution in [0, 0.1) is 34.5 Å². The molecule has 2 N–H and O–H groups in total. The number of aliphatic hydroxyl groups is 2. The molecule has 30 heavy (non-hydrogen) atoms. The Morgan fingerprint density at radius 1 is 1.27 bits per heavy atom. The summed E-state index contributed by atoms with van der Waals surface area (Å²) in [6, 6.07) is 0. The topological polar surface area (TPSA) is 101 Å². The van der Waals surface area contributed by atoms with E-state index in [9.17, 15) is 24.6 Å². The monoisotopic (exact) mass is 418 g/mol. The van der Waals surface area contributed by atoms with Gasteiger partial charge in [-0.05, 0) is 61.3 Å². The summed E-state index contributed by atoms with van der Waals surface area (Å²) in [5.41, 5.74) is -1.42. The first-order valence-electron chi connectivity index (χ1n) is 11.3. The molecule has 0 aliphatic heterocycles. The minimum atomic E-state index is -1.60. The van der Waals surface area contributed by atoms with E-state index in [1.165, 1.54) is 12.5 Å². The van der Waals surface area contributed by atoms with Crippen molar-refractivity contribution in [2.75, 3.05) is 6.61 Å². The smallest absolute Gasteiger partial charge is 0.302 e. The van der Waals surface area contributed by atoms with Gasteiger partial charge in [-0.1, -0.05) is 26.3 Å². The fraction of sp³-hybridized carbons (Fsp3) is 0.792. The molecule has 3 saturated carbocycles. The molecular weight excluding hydrogens is 384 g/mol. The van der Waals surface area contributed by atoms with Crippen molar-refractivity contribution in [3.8, 4) is 0 Å². The first-order valence-corrected chi connectivity index (χ1v) is 11.3. The summed E-state index contributed by atoms with van der Waals surface area (Å²) < 4.78 is 5.88. The number of rotatable bonds is 3. The quantitative estimate of drug-likeness (QED) is 0.683. The zero-order valence-corrected chi connectivity index (χ0v) is 18.4. The number of aliphatic hydroxyl groups excluding tert-OH is 1. The van der Waals surface area contributed by atoms with Gasteiger partial charge in [-0.15, -0.1) is 0 Å². The van der Waals surface area contributed by atoms with Gasteiger partial charge < -0.3 is 14.9 Å². The number of ether oxygens (including phenoxy) is 1. The fourth-order valence-corrected chi connectivity index (χ4v) is 8.00. The van der Waals surface area contributed by atoms with Crippen LogP contribution in [0.25, 0.3) is 0 Å². The molecule has 0 heterocycles. The third-order valence-electron chi connectivity index (χ3n) is 9.27. The summed E-state index contributed by atoms with van der Waals surface area (Å²) in [5.74, 6) is -0.167. The fourth-order valence-electron chi connectivity index (χ4n) is 8.00. The SMILES string of the molecule is CC(=O)O[C@H]1C[C@@]2(C)[C@@H](CC[C@]2(O)C(=O)CO)[C@@H]2CC(C)C3=CC(=O)CC[C@]3(C)[C@H]21. The van der Waals surface area contributed by atoms with Crippen LogP contribution in [0.5, 0.6) is 0 Å². The lowest BCUT2D eigenvalue weighted by atomic mass is 9.44. The van der Waals surface area contributed by atoms with Gasteiger partial charge in [0.1, 0.15) is 18.3 Å². The number of carbonyl (C=O) groups is 3. The molecule has 4 aliphatic rings. The Bertz CT molecular complexity index is 817. The van der Waals surface area contributed by atoms with Crippen molar-refractivity contribution in [1.82, 2.24) is 0 Å². The normalized spacial score (nSPS) is 47.6. The molecule has 1 unspecified atom stereocenters. The second kappa shape index (κ2) is 6.99. The first kappa shape index (κ1) is 21.7. The molecule has 0 aromatic rings. The Balaban J connectivity index is 1.82. The zero-order valence-electron chi connectivity index (χ0n) is 18.4. The van der Waals surface area contributed by atoms with E-state index in [4.69, 9.17) is 4.74 Å². The highest BCUT2D eigenvalue weighted by Gasteiger charge is 2.69. The molecule has 8 atom stereocenters. The average Bonchev–Trinajstić information content (AvgIpc) is 2.94. The third-order valence-corrected chi connectivity index (χ3v) is 9.27. The van der Waals surface area contributed by atoms with Crippen LogP contribution in [0.2, 0.25) is 0 Å². The van der Waals surface area contributed by atoms with Crippen LogP contribution in [-0.4, -0.2) is 46.1 Å². The summed E-state index contributed by atoms with van der Waals surface area (Å²) in [4.78, 5) is 36.9. The first-order chi connectivity index (χ1) is 14.0. The third kappa shape index (κ3) is 2.79. The molecule has 4 aliphatic carbocycles. The zero-order chi connectivity index (χ0) is 22.1. The predicted molar refractivity (Wildman–Crippen MR) is 109 cm³/mol. The Labute approximate surface area is 178 Å². The summed E-state index contributed by atoms with van der Waals surface area (Å²) in [6.07, 6.45) is 4.92. The maximum absolute atomic E-state index is 12.6. The van der Waals surface area contributed by atoms with E-state index in [1.807, 2.05) is 13.0 Å². The molecule has 6 heteroatoms. The molecule has 0 bridgehead atoms. The molecular formula is C24H34O6. The maximum Gasteiger partial charge on any atom is 0.302 e. The molecule has 3 fully saturated rings. The van der Waals surface area contributed by atoms with Gasteiger partial charge in [0.05, 0.1) is 0 Å². The number of carbonyl (C=O) groups excluding carboxylic acids is 3. The minimum Gasteiger partial charge on any atom is -0.462 e. The van der Waals surface area contributed by atoms with Gasteiger partial charge in [0.15, 0.2) is 11.6 Å². The van der Waals surface area contributed by atoms with E-state index < -0.39 is 29.5 Å². The molecule has 0 spiro atoms. The molecule has 0 amide bonds. The van der Waals surface area contributed by atoms with Crippen molar-refractivity contribution in [2.45, 2.75) is 77.9 Å². The van der Waals surface area contributed by atoms with Gasteiger partial charge in [0.25, 0.3) is 0 Å². The summed E-state index contributed by atoms with van der Waals surface area (Å²) in [5, 5.41) is 21.0. The standard InChI is InChI=1S/C24H34O6/c1-13-9-16-17-6-8-24(29,20(28)12-25)23(17,4)11-19(30-14(2)26)21(16)22(3)7-5-15(27)10-18(13)22/h10,13,16-17,19,21,25,29H,5-9,11-12H2,1-4H3/t13?,16-,17-,19-,21+,22-,23-,24-/m0/s1. The lowest BCUT2D eigenvalue weighted by molar-refractivity contribution is -0.197. The molecule has 4 rings (SSSR count). The molecule has 6 nitrogen and oxygen atoms in total. The van der Waals surface area contributed by atoms with E-state index >= 15 is 0 Å². The Morgan fingerprint density at radius 3 is 2.60 bits per heavy atom. The number of Topliss-reactive ketones (excluding diaryl/α,β-unsaturated/α-hetero) is 1. The number of fused-ring (bicyclic) bond motifs is 5. The number of esters is 1. The Morgan fingerprint density at radius 2 is 1.97 bits per heavy atom. The largest absolute Gasteiger partial charge is 0.462 e. The molecule has 0 saturated heterocycles. The van der Waals surface area contributed by atoms with Crippen molar-refractivity contribution in [3.05, 3.63) is 11.6 Å². The second-order valence-corrected chi connectivity index (χ2v) is 10.7. The summed E-state index contributed by atoms with van der Waals surface area (Å²) >= 11 is 0. The highest BCUT2D eigenvalue weighted by molar-refractivity contribution is 5.92. The number of hydrogen-bond acceptors (Lipinski definition) is 6. The van der Waals surface area contributed by atoms with Gasteiger partial charge in [0.2, 0.25) is 0 Å². The minimum absolute atomic E-state index is 0.0570. The maximum atomic E-state index is 12.6. The van der Waals surface area contributed by atoms with E-state index in [2.05, 4.69) is 13.8 Å². The van der Waals surface area contributed by atoms with Crippen LogP contribution in [0.15, 0.2) is 11.6 Å². The highest BCUT2D eigenvalue weighted by Crippen LogP contribution is 2.68. The van der Waals surface area contributed by atoms with Gasteiger partial charge in [0, 0.05) is 24.7 Å². The van der Waals surface area contributed by atoms with E-state index in [1.54, 1.807) is 0 Å². The molecule has 0 radical (unpaired) electrons. The van der Waals surface area contributed by atoms with Crippen molar-refractivity contribution >= 4 is 17.5 Å². The van der Waals surface area contributed by atoms with Crippen LogP contribution >= 0.6 is 0 Å². The van der Waals surface area contributed by atoms with Gasteiger partial charge in [-0.2, -0.15) is 0 Å². The highest BCUT2D eigenvalue weighted by atomic mass is 16.5. The van der Waals surface area contributed by atoms with Crippen LogP contribution < -0.4 is 0 Å². The van der Waals surface area contributed by atoms with E-state index in [0.29, 0.717) is 25.7 Å². The van der Waals surface area contributed by atoms with Crippen LogP contribution in [-0.2, 0) is 19.1 Å². The van der Waals surface area contributed by atoms with Gasteiger partial charge in [-0.3, -0.25) is 14.4 Å². The van der Waals surface area contributed by atoms with Gasteiger partial charge >= 0.3 is 5.97 Å². The predicted octanol–water partition coefficient (Wildman–Crippen LogP) is 2.60. The van der Waals surface area contributed by atoms with E-state index in [0.717, 1.165) is 12.8 Å². The van der Waals surface area contributed by atoms with Crippen LogP contribution in [0.3, 0.4) is 0 Å². The van der Waals surface area contributed by atoms with Gasteiger partial charge in [-0.25, -0.2) is 0 Å². The number of hydrogen-bond donors (Lipinski definition) is 2. The average molecular weight is 419 g/mol.